The van der Waals surface area contributed by atoms with Crippen molar-refractivity contribution in [2.24, 2.45) is 10.8 Å². The van der Waals surface area contributed by atoms with E-state index in [9.17, 15) is 19.5 Å². The molecule has 0 heterocycles. The summed E-state index contributed by atoms with van der Waals surface area (Å²) >= 11 is 0.0630. The van der Waals surface area contributed by atoms with Gasteiger partial charge in [0.25, 0.3) is 0 Å². The number of aliphatic hydroxyl groups excluding tert-OH is 1. The summed E-state index contributed by atoms with van der Waals surface area (Å²) in [5, 5.41) is 9.50. The van der Waals surface area contributed by atoms with E-state index in [0.29, 0.717) is 51.6 Å². The number of Topliss-reactive ketones (excluding diaryl/α,β-unsaturated/α-hetero) is 2. The van der Waals surface area contributed by atoms with Gasteiger partial charge in [-0.3, -0.25) is 9.59 Å². The van der Waals surface area contributed by atoms with Crippen molar-refractivity contribution in [3.05, 3.63) is 25.3 Å². The van der Waals surface area contributed by atoms with E-state index in [0.717, 1.165) is 44.3 Å². The molecule has 0 unspecified atom stereocenters. The van der Waals surface area contributed by atoms with E-state index < -0.39 is 35.3 Å². The summed E-state index contributed by atoms with van der Waals surface area (Å²) in [6.45, 7) is 22.5. The van der Waals surface area contributed by atoms with Crippen LogP contribution in [-0.4, -0.2) is 77.5 Å². The van der Waals surface area contributed by atoms with E-state index in [2.05, 4.69) is 40.0 Å². The van der Waals surface area contributed by atoms with Gasteiger partial charge in [0, 0.05) is 30.1 Å². The summed E-state index contributed by atoms with van der Waals surface area (Å²) in [6, 6.07) is 0. The number of ketones is 2. The Labute approximate surface area is 308 Å². The molecular formula is C36H70B2O6S2Sn. The normalized spacial score (nSPS) is 12.6. The van der Waals surface area contributed by atoms with Crippen molar-refractivity contribution in [3.63, 3.8) is 0 Å². The van der Waals surface area contributed by atoms with Crippen LogP contribution in [0.1, 0.15) is 132 Å². The van der Waals surface area contributed by atoms with Crippen LogP contribution in [0.2, 0.25) is 17.7 Å². The van der Waals surface area contributed by atoms with Crippen LogP contribution in [-0.2, 0) is 22.7 Å². The second-order valence-electron chi connectivity index (χ2n) is 13.8. The monoisotopic (exact) mass is 808 g/mol. The van der Waals surface area contributed by atoms with Crippen molar-refractivity contribution in [2.75, 3.05) is 13.2 Å². The summed E-state index contributed by atoms with van der Waals surface area (Å²) in [5.41, 5.74) is -1.09. The van der Waals surface area contributed by atoms with E-state index >= 15 is 0 Å². The van der Waals surface area contributed by atoms with Crippen molar-refractivity contribution < 1.29 is 27.9 Å². The van der Waals surface area contributed by atoms with Crippen LogP contribution < -0.4 is 0 Å². The van der Waals surface area contributed by atoms with Gasteiger partial charge >= 0.3 is 108 Å². The molecule has 0 spiro atoms. The molecule has 1 N–H and O–H groups in total. The fraction of sp³-hybridized carbons (Fsp3) is 0.806. The molecule has 0 aliphatic carbocycles. The summed E-state index contributed by atoms with van der Waals surface area (Å²) in [6.07, 6.45) is 16.7. The first-order chi connectivity index (χ1) is 23.2. The summed E-state index contributed by atoms with van der Waals surface area (Å²) in [7, 11) is 2.17. The van der Waals surface area contributed by atoms with Gasteiger partial charge in [-0.2, -0.15) is 0 Å². The van der Waals surface area contributed by atoms with Gasteiger partial charge in [0.2, 0.25) is 14.2 Å². The molecule has 272 valence electrons. The largest absolute Gasteiger partial charge is 0.393 e. The van der Waals surface area contributed by atoms with Gasteiger partial charge in [-0.15, -0.1) is 6.58 Å². The van der Waals surface area contributed by atoms with E-state index in [-0.39, 0.29) is 18.2 Å². The summed E-state index contributed by atoms with van der Waals surface area (Å²) in [4.78, 5) is 33.7. The molecule has 0 aliphatic heterocycles. The molecular weight excluding hydrogens is 733 g/mol. The minimum atomic E-state index is -1.78. The SMILES string of the molecule is C=C[CH2][Sn]([CH2]CCC)([CH2]CCC)[CH2]CCC.[3H][B]SOCC(C)(C)C(=O)CCCC=O.[3H][B]SOCC(C)(C)C(=O)CCC[C@H](O)CC=C. The number of allylic oxidation sites excluding steroid dienone is 1. The average Bonchev–Trinajstić information content (AvgIpc) is 3.06. The van der Waals surface area contributed by atoms with E-state index in [1.54, 1.807) is 33.2 Å². The van der Waals surface area contributed by atoms with Crippen molar-refractivity contribution in [3.8, 4) is 0 Å². The first-order valence-electron chi connectivity index (χ1n) is 18.7. The van der Waals surface area contributed by atoms with Gasteiger partial charge in [-0.05, 0) is 28.4 Å². The first kappa shape index (κ1) is 47.0. The minimum absolute atomic E-state index is 0.0925. The average molecular weight is 807 g/mol. The predicted molar refractivity (Wildman–Crippen MR) is 213 cm³/mol. The third-order valence-corrected chi connectivity index (χ3v) is 24.3. The maximum atomic E-state index is 12.0. The molecule has 0 aromatic carbocycles. The third kappa shape index (κ3) is 29.4. The van der Waals surface area contributed by atoms with Crippen LogP contribution in [0, 0.1) is 10.8 Å². The fourth-order valence-electron chi connectivity index (χ4n) is 5.00. The molecule has 0 aromatic rings. The number of rotatable bonds is 31. The number of carbonyl (C=O) groups excluding carboxylic acids is 3. The van der Waals surface area contributed by atoms with Gasteiger partial charge in [0.1, 0.15) is 17.9 Å². The Hall–Kier alpha value is -0.00143. The molecule has 2 radical (unpaired) electrons. The number of hydrogen-bond donors (Lipinski definition) is 1. The Morgan fingerprint density at radius 1 is 0.830 bits per heavy atom. The zero-order valence-corrected chi connectivity index (χ0v) is 35.6. The van der Waals surface area contributed by atoms with Crippen LogP contribution in [0.4, 0.5) is 0 Å². The van der Waals surface area contributed by atoms with E-state index in [4.69, 9.17) is 11.0 Å². The molecule has 1 atom stereocenters. The van der Waals surface area contributed by atoms with Crippen LogP contribution in [0.25, 0.3) is 0 Å². The molecule has 0 rings (SSSR count). The quantitative estimate of drug-likeness (QED) is 0.0244. The van der Waals surface area contributed by atoms with Gasteiger partial charge < -0.3 is 18.3 Å². The Kier molecular flexibility index (Phi) is 33.2. The van der Waals surface area contributed by atoms with Gasteiger partial charge in [0.15, 0.2) is 0 Å². The molecule has 0 fully saturated rings. The van der Waals surface area contributed by atoms with Crippen LogP contribution in [0.3, 0.4) is 0 Å². The van der Waals surface area contributed by atoms with E-state index in [1.807, 2.05) is 13.8 Å². The molecule has 11 heteroatoms. The van der Waals surface area contributed by atoms with Gasteiger partial charge in [0.05, 0.1) is 19.3 Å². The smallest absolute Gasteiger partial charge is 0.209 e. The maximum Gasteiger partial charge on any atom is 0.209 e. The molecule has 6 nitrogen and oxygen atoms in total. The van der Waals surface area contributed by atoms with Crippen molar-refractivity contribution >= 4 is 74.2 Å². The summed E-state index contributed by atoms with van der Waals surface area (Å²) < 4.78 is 30.0. The Morgan fingerprint density at radius 2 is 1.28 bits per heavy atom. The molecule has 47 heavy (non-hydrogen) atoms. The van der Waals surface area contributed by atoms with E-state index in [1.165, 1.54) is 43.0 Å². The van der Waals surface area contributed by atoms with Crippen molar-refractivity contribution in [2.45, 2.75) is 156 Å². The predicted octanol–water partition coefficient (Wildman–Crippen LogP) is 9.62. The standard InChI is InChI=1S/C12H22BO3S.C9H16BO3S.3C4H9.C3H5.Sn/c1-4-6-10(14)7-5-8-11(15)12(2,3)9-16-17-13;1-9(2,7-13-14-10)8(12)5-3-4-6-11;3*1-3-4-2;1-3-2;/h4,10,13-14H,1,5-9H2,2-3H3;6,10H,3-5,7H2,1-2H3;3*1,3-4H2,2H3;3H,1-2H2;/t10-;;;;;;/m1....../s1/i13T;10T;;;;;. The van der Waals surface area contributed by atoms with Crippen molar-refractivity contribution in [1.29, 1.82) is 2.67 Å². The molecule has 0 aromatic heterocycles. The Morgan fingerprint density at radius 3 is 1.64 bits per heavy atom. The van der Waals surface area contributed by atoms with Gasteiger partial charge in [-0.1, -0.05) is 57.6 Å². The van der Waals surface area contributed by atoms with Gasteiger partial charge in [-0.25, -0.2) is 0 Å². The first-order valence-corrected chi connectivity index (χ1v) is 27.3. The van der Waals surface area contributed by atoms with Crippen molar-refractivity contribution in [1.82, 2.24) is 0 Å². The van der Waals surface area contributed by atoms with Crippen LogP contribution >= 0.6 is 23.8 Å². The fourth-order valence-corrected chi connectivity index (χ4v) is 20.8. The molecule has 0 amide bonds. The second-order valence-corrected chi connectivity index (χ2v) is 28.6. The second kappa shape index (κ2) is 33.2. The third-order valence-electron chi connectivity index (χ3n) is 8.35. The Balaban J connectivity index is -0.000000651. The maximum absolute atomic E-state index is 12.0. The zero-order chi connectivity index (χ0) is 38.0. The molecule has 0 bridgehead atoms. The zero-order valence-electron chi connectivity index (χ0n) is 33.1. The number of carbonyl (C=O) groups is 3. The number of aldehydes is 1. The summed E-state index contributed by atoms with van der Waals surface area (Å²) in [5.74, 6) is 0.216. The number of unbranched alkanes of at least 4 members (excludes halogenated alkanes) is 4. The molecule has 0 aliphatic rings. The van der Waals surface area contributed by atoms with Crippen LogP contribution in [0.15, 0.2) is 25.3 Å². The molecule has 0 saturated heterocycles. The topological polar surface area (TPSA) is 89.9 Å². The minimum Gasteiger partial charge on any atom is -0.393 e. The Bertz CT molecular complexity index is 835. The molecule has 0 saturated carbocycles. The number of aliphatic hydroxyl groups is 1. The number of hydrogen-bond acceptors (Lipinski definition) is 8. The van der Waals surface area contributed by atoms with Crippen LogP contribution in [0.5, 0.6) is 0 Å².